The Labute approximate surface area is 129 Å². The van der Waals surface area contributed by atoms with E-state index in [2.05, 4.69) is 17.5 Å². The normalized spacial score (nSPS) is 28.9. The molecule has 2 aliphatic heterocycles. The van der Waals surface area contributed by atoms with Crippen molar-refractivity contribution >= 4 is 11.3 Å². The number of nitrogens with zero attached hydrogens (tertiary/aromatic N) is 1. The van der Waals surface area contributed by atoms with Gasteiger partial charge in [-0.25, -0.2) is 4.98 Å². The molecule has 4 heteroatoms. The van der Waals surface area contributed by atoms with Crippen LogP contribution in [-0.2, 0) is 11.2 Å². The Kier molecular flexibility index (Phi) is 3.53. The summed E-state index contributed by atoms with van der Waals surface area (Å²) in [5.41, 5.74) is 8.67. The monoisotopic (exact) mass is 300 g/mol. The Bertz CT molecular complexity index is 612. The molecular weight excluding hydrogens is 280 g/mol. The fraction of sp³-hybridized carbons (Fsp3) is 0.471. The minimum Gasteiger partial charge on any atom is -0.375 e. The zero-order valence-electron chi connectivity index (χ0n) is 11.9. The van der Waals surface area contributed by atoms with Crippen molar-refractivity contribution in [1.82, 2.24) is 4.98 Å². The number of aromatic nitrogens is 1. The van der Waals surface area contributed by atoms with Crippen LogP contribution in [-0.4, -0.2) is 23.2 Å². The molecule has 0 radical (unpaired) electrons. The third kappa shape index (κ3) is 2.63. The van der Waals surface area contributed by atoms with E-state index in [1.165, 1.54) is 18.4 Å². The summed E-state index contributed by atoms with van der Waals surface area (Å²) in [5, 5.41) is 3.28. The van der Waals surface area contributed by atoms with E-state index >= 15 is 0 Å². The maximum atomic E-state index is 6.43. The molecule has 3 heterocycles. The quantitative estimate of drug-likeness (QED) is 0.943. The van der Waals surface area contributed by atoms with E-state index in [0.29, 0.717) is 18.1 Å². The van der Waals surface area contributed by atoms with Crippen LogP contribution in [0.3, 0.4) is 0 Å². The first-order valence-corrected chi connectivity index (χ1v) is 8.58. The van der Waals surface area contributed by atoms with Crippen molar-refractivity contribution in [2.24, 2.45) is 11.7 Å². The lowest BCUT2D eigenvalue weighted by Gasteiger charge is -2.24. The van der Waals surface area contributed by atoms with E-state index < -0.39 is 0 Å². The van der Waals surface area contributed by atoms with Crippen LogP contribution in [0.5, 0.6) is 0 Å². The third-order valence-electron chi connectivity index (χ3n) is 4.73. The van der Waals surface area contributed by atoms with Gasteiger partial charge < -0.3 is 10.5 Å². The molecule has 0 spiro atoms. The second-order valence-corrected chi connectivity index (χ2v) is 7.08. The van der Waals surface area contributed by atoms with Crippen molar-refractivity contribution < 1.29 is 4.74 Å². The second kappa shape index (κ2) is 5.52. The summed E-state index contributed by atoms with van der Waals surface area (Å²) in [6, 6.07) is 10.5. The van der Waals surface area contributed by atoms with Crippen molar-refractivity contribution in [1.29, 1.82) is 0 Å². The molecule has 4 unspecified atom stereocenters. The van der Waals surface area contributed by atoms with Crippen molar-refractivity contribution in [3.8, 4) is 11.3 Å². The number of hydrogen-bond acceptors (Lipinski definition) is 4. The molecule has 2 aromatic rings. The fourth-order valence-electron chi connectivity index (χ4n) is 3.63. The molecule has 2 saturated heterocycles. The van der Waals surface area contributed by atoms with Gasteiger partial charge in [0.25, 0.3) is 0 Å². The van der Waals surface area contributed by atoms with Crippen molar-refractivity contribution in [2.45, 2.75) is 43.9 Å². The lowest BCUT2D eigenvalue weighted by atomic mass is 9.83. The molecule has 4 atom stereocenters. The van der Waals surface area contributed by atoms with Crippen LogP contribution in [0, 0.1) is 5.92 Å². The zero-order valence-corrected chi connectivity index (χ0v) is 12.8. The molecule has 2 fully saturated rings. The zero-order chi connectivity index (χ0) is 14.2. The first-order valence-electron chi connectivity index (χ1n) is 7.70. The topological polar surface area (TPSA) is 48.1 Å². The van der Waals surface area contributed by atoms with Gasteiger partial charge in [0.1, 0.15) is 0 Å². The Hall–Kier alpha value is -1.23. The highest BCUT2D eigenvalue weighted by Crippen LogP contribution is 2.40. The van der Waals surface area contributed by atoms with Gasteiger partial charge in [-0.3, -0.25) is 0 Å². The lowest BCUT2D eigenvalue weighted by molar-refractivity contribution is 0.0885. The maximum absolute atomic E-state index is 6.43. The Balaban J connectivity index is 1.44. The minimum atomic E-state index is 0.176. The van der Waals surface area contributed by atoms with Gasteiger partial charge in [-0.1, -0.05) is 30.3 Å². The smallest absolute Gasteiger partial charge is 0.0948 e. The number of thiazole rings is 1. The number of nitrogens with two attached hydrogens (primary N) is 1. The molecular formula is C17H20N2OS. The first-order chi connectivity index (χ1) is 10.3. The summed E-state index contributed by atoms with van der Waals surface area (Å²) in [5.74, 6) is 0.521. The summed E-state index contributed by atoms with van der Waals surface area (Å²) >= 11 is 1.72. The van der Waals surface area contributed by atoms with Crippen LogP contribution in [0.2, 0.25) is 0 Å². The molecule has 2 N–H and O–H groups in total. The predicted molar refractivity (Wildman–Crippen MR) is 85.2 cm³/mol. The summed E-state index contributed by atoms with van der Waals surface area (Å²) < 4.78 is 5.92. The molecule has 0 saturated carbocycles. The Morgan fingerprint density at radius 3 is 2.86 bits per heavy atom. The highest BCUT2D eigenvalue weighted by Gasteiger charge is 2.43. The molecule has 4 rings (SSSR count). The average molecular weight is 300 g/mol. The largest absolute Gasteiger partial charge is 0.375 e. The number of fused-ring (bicyclic) bond motifs is 2. The van der Waals surface area contributed by atoms with Crippen LogP contribution < -0.4 is 5.73 Å². The minimum absolute atomic E-state index is 0.176. The van der Waals surface area contributed by atoms with Gasteiger partial charge in [0.15, 0.2) is 0 Å². The standard InChI is InChI=1S/C17H20N2OS/c18-14(13-8-12-6-7-16(13)20-12)9-17-19-15(10-21-17)11-4-2-1-3-5-11/h1-5,10,12-14,16H,6-9,18H2. The molecule has 0 amide bonds. The van der Waals surface area contributed by atoms with E-state index in [4.69, 9.17) is 15.5 Å². The van der Waals surface area contributed by atoms with E-state index in [1.54, 1.807) is 11.3 Å². The van der Waals surface area contributed by atoms with Gasteiger partial charge in [0, 0.05) is 29.3 Å². The van der Waals surface area contributed by atoms with Gasteiger partial charge in [-0.15, -0.1) is 11.3 Å². The summed E-state index contributed by atoms with van der Waals surface area (Å²) in [4.78, 5) is 4.75. The van der Waals surface area contributed by atoms with E-state index in [0.717, 1.165) is 23.5 Å². The molecule has 3 nitrogen and oxygen atoms in total. The van der Waals surface area contributed by atoms with Crippen molar-refractivity contribution in [2.75, 3.05) is 0 Å². The molecule has 0 aliphatic carbocycles. The van der Waals surface area contributed by atoms with E-state index in [1.807, 2.05) is 18.2 Å². The van der Waals surface area contributed by atoms with Crippen LogP contribution in [0.4, 0.5) is 0 Å². The second-order valence-electron chi connectivity index (χ2n) is 6.13. The molecule has 1 aromatic heterocycles. The van der Waals surface area contributed by atoms with Gasteiger partial charge in [-0.05, 0) is 19.3 Å². The third-order valence-corrected chi connectivity index (χ3v) is 5.61. The van der Waals surface area contributed by atoms with Crippen molar-refractivity contribution in [3.05, 3.63) is 40.7 Å². The summed E-state index contributed by atoms with van der Waals surface area (Å²) in [7, 11) is 0. The predicted octanol–water partition coefficient (Wildman–Crippen LogP) is 3.25. The maximum Gasteiger partial charge on any atom is 0.0948 e. The highest BCUT2D eigenvalue weighted by molar-refractivity contribution is 7.09. The van der Waals surface area contributed by atoms with Gasteiger partial charge in [-0.2, -0.15) is 0 Å². The van der Waals surface area contributed by atoms with Gasteiger partial charge in [0.2, 0.25) is 0 Å². The van der Waals surface area contributed by atoms with Gasteiger partial charge >= 0.3 is 0 Å². The Morgan fingerprint density at radius 1 is 1.29 bits per heavy atom. The SMILES string of the molecule is NC(Cc1nc(-c2ccccc2)cs1)C1CC2CCC1O2. The first kappa shape index (κ1) is 13.4. The number of hydrogen-bond donors (Lipinski definition) is 1. The Morgan fingerprint density at radius 2 is 2.14 bits per heavy atom. The molecule has 2 aliphatic rings. The van der Waals surface area contributed by atoms with E-state index in [-0.39, 0.29) is 6.04 Å². The summed E-state index contributed by atoms with van der Waals surface area (Å²) in [6.07, 6.45) is 5.30. The van der Waals surface area contributed by atoms with Crippen LogP contribution >= 0.6 is 11.3 Å². The van der Waals surface area contributed by atoms with Crippen LogP contribution in [0.25, 0.3) is 11.3 Å². The highest BCUT2D eigenvalue weighted by atomic mass is 32.1. The molecule has 110 valence electrons. The lowest BCUT2D eigenvalue weighted by Crippen LogP contribution is -2.37. The summed E-state index contributed by atoms with van der Waals surface area (Å²) in [6.45, 7) is 0. The van der Waals surface area contributed by atoms with Gasteiger partial charge in [0.05, 0.1) is 22.9 Å². The van der Waals surface area contributed by atoms with E-state index in [9.17, 15) is 0 Å². The number of ether oxygens (including phenoxy) is 1. The van der Waals surface area contributed by atoms with Crippen LogP contribution in [0.15, 0.2) is 35.7 Å². The molecule has 21 heavy (non-hydrogen) atoms. The molecule has 1 aromatic carbocycles. The molecule has 2 bridgehead atoms. The van der Waals surface area contributed by atoms with Crippen LogP contribution in [0.1, 0.15) is 24.3 Å². The fourth-order valence-corrected chi connectivity index (χ4v) is 4.50. The number of benzene rings is 1. The number of rotatable bonds is 4. The average Bonchev–Trinajstić information content (AvgIpc) is 3.24. The van der Waals surface area contributed by atoms with Crippen molar-refractivity contribution in [3.63, 3.8) is 0 Å².